The van der Waals surface area contributed by atoms with Crippen molar-refractivity contribution in [2.75, 3.05) is 26.8 Å². The zero-order valence-electron chi connectivity index (χ0n) is 42.1. The lowest BCUT2D eigenvalue weighted by Crippen LogP contribution is -2.86. The van der Waals surface area contributed by atoms with E-state index in [9.17, 15) is 30.3 Å². The summed E-state index contributed by atoms with van der Waals surface area (Å²) in [5.41, 5.74) is -0.0944. The SMILES string of the molecule is COC(=O)/C(C)=C\CC1(O)C(=O)C2CC(C(C)C)C13Oc1c(CC=C(C)C)c4c(c(O[C@H]5O[C@@H](CO)[C@H](O)[C@@H](O)[C@@H]5O)c1C15NCCN1C1=C(C(=O)c6ccccc61)C2C53)C=CC(C)(CCC=C(C)C)O4. The predicted octanol–water partition coefficient (Wildman–Crippen LogP) is 5.44. The molecule has 9 aliphatic rings. The second kappa shape index (κ2) is 17.5. The third kappa shape index (κ3) is 6.96. The maximum Gasteiger partial charge on any atom is 0.333 e. The molecule has 4 aliphatic carbocycles. The van der Waals surface area contributed by atoms with Gasteiger partial charge in [0.25, 0.3) is 0 Å². The van der Waals surface area contributed by atoms with Gasteiger partial charge in [0.2, 0.25) is 6.29 Å². The Balaban J connectivity index is 1.35. The van der Waals surface area contributed by atoms with E-state index >= 15 is 9.59 Å². The number of aliphatic hydroxyl groups excluding tert-OH is 4. The number of nitrogens with one attached hydrogen (secondary N) is 1. The molecule has 2 spiro atoms. The van der Waals surface area contributed by atoms with Crippen LogP contribution in [0.5, 0.6) is 17.2 Å². The van der Waals surface area contributed by atoms with Gasteiger partial charge in [-0.2, -0.15) is 0 Å². The Hall–Kier alpha value is -5.13. The first-order valence-electron chi connectivity index (χ1n) is 25.2. The molecular formula is C56H68N2O13. The zero-order chi connectivity index (χ0) is 50.9. The smallest absolute Gasteiger partial charge is 0.333 e. The van der Waals surface area contributed by atoms with Crippen molar-refractivity contribution in [2.24, 2.45) is 29.6 Å². The molecule has 8 unspecified atom stereocenters. The Kier molecular flexibility index (Phi) is 12.2. The van der Waals surface area contributed by atoms with Crippen LogP contribution in [0.15, 0.2) is 70.9 Å². The Morgan fingerprint density at radius 3 is 2.37 bits per heavy atom. The molecule has 6 N–H and O–H groups in total. The number of esters is 1. The molecule has 15 nitrogen and oxygen atoms in total. The third-order valence-corrected chi connectivity index (χ3v) is 16.9. The number of rotatable bonds is 12. The fourth-order valence-electron chi connectivity index (χ4n) is 13.7. The summed E-state index contributed by atoms with van der Waals surface area (Å²) >= 11 is 0. The maximum atomic E-state index is 15.9. The lowest BCUT2D eigenvalue weighted by Gasteiger charge is -2.73. The highest BCUT2D eigenvalue weighted by atomic mass is 16.7. The molecule has 5 aliphatic heterocycles. The van der Waals surface area contributed by atoms with Gasteiger partial charge < -0.3 is 54.1 Å². The van der Waals surface area contributed by atoms with E-state index < -0.39 is 95.2 Å². The first-order valence-corrected chi connectivity index (χ1v) is 25.2. The van der Waals surface area contributed by atoms with Gasteiger partial charge in [0, 0.05) is 65.1 Å². The number of aliphatic hydroxyl groups is 5. The summed E-state index contributed by atoms with van der Waals surface area (Å²) in [6, 6.07) is 7.46. The highest BCUT2D eigenvalue weighted by Crippen LogP contribution is 2.75. The minimum Gasteiger partial charge on any atom is -0.482 e. The van der Waals surface area contributed by atoms with Crippen LogP contribution >= 0.6 is 0 Å². The van der Waals surface area contributed by atoms with Crippen LogP contribution in [0, 0.1) is 29.6 Å². The minimum atomic E-state index is -2.28. The number of methoxy groups -OCH3 is 1. The fraction of sp³-hybridized carbons (Fsp3) is 0.554. The van der Waals surface area contributed by atoms with Crippen LogP contribution < -0.4 is 19.5 Å². The second-order valence-electron chi connectivity index (χ2n) is 22.0. The van der Waals surface area contributed by atoms with Gasteiger partial charge in [-0.05, 0) is 85.3 Å². The zero-order valence-corrected chi connectivity index (χ0v) is 42.1. The number of benzene rings is 2. The molecular weight excluding hydrogens is 909 g/mol. The van der Waals surface area contributed by atoms with Crippen LogP contribution in [-0.4, -0.2) is 122 Å². The van der Waals surface area contributed by atoms with Crippen LogP contribution in [0.4, 0.5) is 0 Å². The number of Topliss-reactive ketones (excluding diaryl/α,β-unsaturated/α-hetero) is 2. The molecule has 2 saturated heterocycles. The van der Waals surface area contributed by atoms with E-state index in [0.29, 0.717) is 77.2 Å². The first-order chi connectivity index (χ1) is 33.7. The second-order valence-corrected chi connectivity index (χ2v) is 22.0. The standard InChI is InChI=1S/C56H68N2O13/c1-27(2)13-12-20-53(8)21-19-34-46(70-53)33(17-16-28(3)4)48-40(47(34)69-52-45(63)44(62)43(61)37(26-59)68-52)56-49-38(39-41(58(56)24-23-57-56)31-14-10-11-15-32(31)42(39)60)35-25-36(29(5)6)55(49,71-48)54(66,50(35)64)22-18-30(7)51(65)67-9/h10-11,13-16,18-19,21,29,35-38,43-45,49,52,57,59,61-63,66H,12,17,20,22-26H2,1-9H3/b30-18-/t35?,36?,37-,38?,43-,44+,45-,49?,52+,53?,54?,55?,56?/m0/s1. The van der Waals surface area contributed by atoms with Crippen molar-refractivity contribution in [3.8, 4) is 17.2 Å². The molecule has 380 valence electrons. The van der Waals surface area contributed by atoms with Gasteiger partial charge in [-0.15, -0.1) is 0 Å². The number of ether oxygens (including phenoxy) is 5. The maximum absolute atomic E-state index is 15.9. The lowest BCUT2D eigenvalue weighted by molar-refractivity contribution is -0.289. The molecule has 2 aromatic rings. The highest BCUT2D eigenvalue weighted by molar-refractivity contribution is 6.21. The molecule has 5 fully saturated rings. The summed E-state index contributed by atoms with van der Waals surface area (Å²) in [7, 11) is 1.28. The topological polar surface area (TPSA) is 214 Å². The Bertz CT molecular complexity index is 2750. The van der Waals surface area contributed by atoms with Gasteiger partial charge in [-0.1, -0.05) is 67.5 Å². The van der Waals surface area contributed by atoms with E-state index in [1.54, 1.807) is 13.0 Å². The summed E-state index contributed by atoms with van der Waals surface area (Å²) in [6.45, 7) is 15.8. The van der Waals surface area contributed by atoms with Crippen molar-refractivity contribution < 1.29 is 63.6 Å². The molecule has 0 aromatic heterocycles. The monoisotopic (exact) mass is 976 g/mol. The van der Waals surface area contributed by atoms with Gasteiger partial charge in [0.1, 0.15) is 52.9 Å². The first kappa shape index (κ1) is 49.4. The molecule has 5 heterocycles. The summed E-state index contributed by atoms with van der Waals surface area (Å²) in [6.07, 6.45) is 3.06. The number of nitrogens with zero attached hydrogens (tertiary/aromatic N) is 1. The molecule has 71 heavy (non-hydrogen) atoms. The summed E-state index contributed by atoms with van der Waals surface area (Å²) < 4.78 is 33.5. The number of allylic oxidation sites excluding steroid dienone is 5. The quantitative estimate of drug-likeness (QED) is 0.0888. The van der Waals surface area contributed by atoms with Gasteiger partial charge in [0.15, 0.2) is 22.8 Å². The Morgan fingerprint density at radius 2 is 1.69 bits per heavy atom. The van der Waals surface area contributed by atoms with Crippen molar-refractivity contribution in [3.63, 3.8) is 0 Å². The van der Waals surface area contributed by atoms with Gasteiger partial charge in [-0.25, -0.2) is 4.79 Å². The van der Waals surface area contributed by atoms with E-state index in [1.165, 1.54) is 7.11 Å². The molecule has 13 atom stereocenters. The summed E-state index contributed by atoms with van der Waals surface area (Å²) in [4.78, 5) is 46.3. The number of hydrogen-bond acceptors (Lipinski definition) is 15. The number of carbonyl (C=O) groups excluding carboxylic acids is 3. The van der Waals surface area contributed by atoms with Crippen molar-refractivity contribution in [1.29, 1.82) is 0 Å². The third-order valence-electron chi connectivity index (χ3n) is 16.9. The molecule has 2 aromatic carbocycles. The average Bonchev–Trinajstić information content (AvgIpc) is 3.90. The summed E-state index contributed by atoms with van der Waals surface area (Å²) in [5.74, 6) is -3.71. The van der Waals surface area contributed by atoms with Crippen molar-refractivity contribution in [2.45, 2.75) is 141 Å². The van der Waals surface area contributed by atoms with Crippen LogP contribution in [0.2, 0.25) is 0 Å². The van der Waals surface area contributed by atoms with E-state index in [2.05, 4.69) is 36.2 Å². The number of ketones is 2. The largest absolute Gasteiger partial charge is 0.482 e. The van der Waals surface area contributed by atoms with Gasteiger partial charge in [0.05, 0.1) is 36.5 Å². The number of fused-ring (bicyclic) bond motifs is 7. The van der Waals surface area contributed by atoms with Crippen LogP contribution in [0.1, 0.15) is 114 Å². The normalized spacial score (nSPS) is 36.0. The molecule has 3 saturated carbocycles. The van der Waals surface area contributed by atoms with Crippen molar-refractivity contribution in [1.82, 2.24) is 10.2 Å². The van der Waals surface area contributed by atoms with Crippen LogP contribution in [0.3, 0.4) is 0 Å². The highest BCUT2D eigenvalue weighted by Gasteiger charge is 2.84. The predicted molar refractivity (Wildman–Crippen MR) is 262 cm³/mol. The summed E-state index contributed by atoms with van der Waals surface area (Å²) in [5, 5.41) is 62.3. The van der Waals surface area contributed by atoms with Crippen LogP contribution in [-0.2, 0) is 31.1 Å². The van der Waals surface area contributed by atoms with E-state index in [4.69, 9.17) is 23.7 Å². The molecule has 2 bridgehead atoms. The van der Waals surface area contributed by atoms with Gasteiger partial charge in [-0.3, -0.25) is 14.9 Å². The lowest BCUT2D eigenvalue weighted by atomic mass is 9.38. The van der Waals surface area contributed by atoms with Gasteiger partial charge >= 0.3 is 5.97 Å². The van der Waals surface area contributed by atoms with Crippen molar-refractivity contribution >= 4 is 29.3 Å². The molecule has 0 amide bonds. The molecule has 0 radical (unpaired) electrons. The van der Waals surface area contributed by atoms with E-state index in [-0.39, 0.29) is 41.6 Å². The number of carbonyl (C=O) groups is 3. The van der Waals surface area contributed by atoms with E-state index in [0.717, 1.165) is 11.1 Å². The van der Waals surface area contributed by atoms with Crippen molar-refractivity contribution in [3.05, 3.63) is 98.7 Å². The molecule has 15 heteroatoms. The minimum absolute atomic E-state index is 0.149. The molecule has 11 rings (SSSR count). The number of hydrogen-bond donors (Lipinski definition) is 6. The van der Waals surface area contributed by atoms with Crippen LogP contribution in [0.25, 0.3) is 11.8 Å². The van der Waals surface area contributed by atoms with E-state index in [1.807, 2.05) is 71.0 Å². The Labute approximate surface area is 414 Å². The Morgan fingerprint density at radius 1 is 0.972 bits per heavy atom. The fourth-order valence-corrected chi connectivity index (χ4v) is 13.7. The average molecular weight is 977 g/mol.